The fourth-order valence-electron chi connectivity index (χ4n) is 3.76. The number of nitrogens with zero attached hydrogens (tertiary/aromatic N) is 3. The van der Waals surface area contributed by atoms with Gasteiger partial charge in [0.1, 0.15) is 30.2 Å². The number of aromatic nitrogens is 3. The largest absolute Gasteiger partial charge is 0.414 e. The zero-order valence-corrected chi connectivity index (χ0v) is 24.7. The molecule has 0 aliphatic carbocycles. The lowest BCUT2D eigenvalue weighted by molar-refractivity contribution is -0.0164. The zero-order valence-electron chi connectivity index (χ0n) is 22.7. The molecular formula is C24H43FN4O3Si2. The second kappa shape index (κ2) is 8.95. The SMILES string of the molecule is Cn1cc([C@@H]2O[C@H](CO[Si](C)(C)C(C)(C)C)C(O[Si](C)(C)C(C)(C)C)[C@H]2F)c2ncnc(N)c21. The molecule has 3 heterocycles. The quantitative estimate of drug-likeness (QED) is 0.499. The maximum atomic E-state index is 16.2. The third kappa shape index (κ3) is 4.97. The Morgan fingerprint density at radius 3 is 2.21 bits per heavy atom. The Balaban J connectivity index is 1.98. The van der Waals surface area contributed by atoms with Gasteiger partial charge >= 0.3 is 0 Å². The Hall–Kier alpha value is -1.34. The van der Waals surface area contributed by atoms with E-state index in [1.54, 1.807) is 0 Å². The minimum Gasteiger partial charge on any atom is -0.414 e. The number of ether oxygens (including phenoxy) is 1. The van der Waals surface area contributed by atoms with Crippen LogP contribution in [0.25, 0.3) is 11.0 Å². The molecule has 0 amide bonds. The number of halogens is 1. The van der Waals surface area contributed by atoms with Crippen LogP contribution in [0.4, 0.5) is 10.2 Å². The molecule has 1 unspecified atom stereocenters. The fourth-order valence-corrected chi connectivity index (χ4v) is 6.09. The van der Waals surface area contributed by atoms with Crippen LogP contribution in [-0.2, 0) is 20.6 Å². The number of nitrogens with two attached hydrogens (primary N) is 1. The molecule has 0 radical (unpaired) electrons. The van der Waals surface area contributed by atoms with Crippen LogP contribution in [0.2, 0.25) is 36.3 Å². The van der Waals surface area contributed by atoms with Crippen molar-refractivity contribution in [3.05, 3.63) is 18.1 Å². The number of hydrogen-bond acceptors (Lipinski definition) is 6. The van der Waals surface area contributed by atoms with Crippen LogP contribution in [0, 0.1) is 0 Å². The van der Waals surface area contributed by atoms with E-state index < -0.39 is 41.1 Å². The van der Waals surface area contributed by atoms with Crippen molar-refractivity contribution in [3.63, 3.8) is 0 Å². The third-order valence-corrected chi connectivity index (χ3v) is 17.0. The van der Waals surface area contributed by atoms with E-state index >= 15 is 4.39 Å². The van der Waals surface area contributed by atoms with Gasteiger partial charge in [0.05, 0.1) is 12.1 Å². The second-order valence-electron chi connectivity index (χ2n) is 12.6. The molecule has 192 valence electrons. The van der Waals surface area contributed by atoms with E-state index in [1.165, 1.54) is 6.33 Å². The van der Waals surface area contributed by atoms with E-state index in [2.05, 4.69) is 77.7 Å². The summed E-state index contributed by atoms with van der Waals surface area (Å²) in [5.74, 6) is 0.360. The van der Waals surface area contributed by atoms with Gasteiger partial charge in [0, 0.05) is 18.8 Å². The summed E-state index contributed by atoms with van der Waals surface area (Å²) in [6.07, 6.45) is -0.161. The number of rotatable bonds is 6. The highest BCUT2D eigenvalue weighted by molar-refractivity contribution is 6.74. The molecule has 1 saturated heterocycles. The Morgan fingerprint density at radius 1 is 1.06 bits per heavy atom. The Bertz CT molecular complexity index is 1030. The Labute approximate surface area is 205 Å². The van der Waals surface area contributed by atoms with Crippen LogP contribution in [-0.4, -0.2) is 56.2 Å². The van der Waals surface area contributed by atoms with Crippen LogP contribution in [0.15, 0.2) is 12.5 Å². The van der Waals surface area contributed by atoms with Gasteiger partial charge in [0.2, 0.25) is 0 Å². The number of alkyl halides is 1. The highest BCUT2D eigenvalue weighted by Crippen LogP contribution is 2.45. The molecule has 3 rings (SSSR count). The van der Waals surface area contributed by atoms with Gasteiger partial charge in [-0.15, -0.1) is 0 Å². The molecule has 34 heavy (non-hydrogen) atoms. The summed E-state index contributed by atoms with van der Waals surface area (Å²) >= 11 is 0. The van der Waals surface area contributed by atoms with Gasteiger partial charge in [-0.3, -0.25) is 0 Å². The Kier molecular flexibility index (Phi) is 7.18. The molecule has 2 aromatic heterocycles. The van der Waals surface area contributed by atoms with E-state index in [-0.39, 0.29) is 10.1 Å². The molecule has 0 spiro atoms. The highest BCUT2D eigenvalue weighted by Gasteiger charge is 2.52. The van der Waals surface area contributed by atoms with E-state index in [9.17, 15) is 0 Å². The van der Waals surface area contributed by atoms with E-state index in [0.29, 0.717) is 29.0 Å². The number of anilines is 1. The molecule has 1 fully saturated rings. The predicted octanol–water partition coefficient (Wildman–Crippen LogP) is 5.74. The van der Waals surface area contributed by atoms with E-state index in [4.69, 9.17) is 19.3 Å². The third-order valence-electron chi connectivity index (χ3n) is 8.06. The molecule has 2 aromatic rings. The predicted molar refractivity (Wildman–Crippen MR) is 141 cm³/mol. The van der Waals surface area contributed by atoms with Crippen molar-refractivity contribution in [2.24, 2.45) is 7.05 Å². The molecule has 1 aliphatic rings. The second-order valence-corrected chi connectivity index (χ2v) is 22.2. The van der Waals surface area contributed by atoms with Crippen molar-refractivity contribution in [3.8, 4) is 0 Å². The number of fused-ring (bicyclic) bond motifs is 1. The fraction of sp³-hybridized carbons (Fsp3) is 0.750. The summed E-state index contributed by atoms with van der Waals surface area (Å²) in [4.78, 5) is 8.50. The first-order valence-electron chi connectivity index (χ1n) is 12.0. The minimum absolute atomic E-state index is 0.0417. The average Bonchev–Trinajstić information content (AvgIpc) is 3.16. The lowest BCUT2D eigenvalue weighted by Gasteiger charge is -2.41. The summed E-state index contributed by atoms with van der Waals surface area (Å²) in [5.41, 5.74) is 8.04. The van der Waals surface area contributed by atoms with Crippen LogP contribution >= 0.6 is 0 Å². The van der Waals surface area contributed by atoms with Crippen molar-refractivity contribution in [2.75, 3.05) is 12.3 Å². The van der Waals surface area contributed by atoms with Crippen molar-refractivity contribution in [1.29, 1.82) is 0 Å². The highest BCUT2D eigenvalue weighted by atomic mass is 28.4. The van der Waals surface area contributed by atoms with E-state index in [0.717, 1.165) is 0 Å². The smallest absolute Gasteiger partial charge is 0.192 e. The lowest BCUT2D eigenvalue weighted by atomic mass is 10.0. The summed E-state index contributed by atoms with van der Waals surface area (Å²) in [6.45, 7) is 22.0. The molecule has 4 atom stereocenters. The van der Waals surface area contributed by atoms with Crippen LogP contribution in [0.3, 0.4) is 0 Å². The summed E-state index contributed by atoms with van der Waals surface area (Å²) in [7, 11) is -2.47. The first-order valence-corrected chi connectivity index (χ1v) is 17.9. The van der Waals surface area contributed by atoms with Crippen molar-refractivity contribution < 1.29 is 18.0 Å². The molecule has 1 aliphatic heterocycles. The average molecular weight is 511 g/mol. The van der Waals surface area contributed by atoms with Gasteiger partial charge in [-0.25, -0.2) is 14.4 Å². The standard InChI is InChI=1S/C24H43FN4O3Si2/c1-23(2,3)33(8,9)30-13-16-21(32-34(10,11)24(4,5)6)17(25)20(31-16)15-12-29(7)19-18(15)27-14-28-22(19)26/h12,14,16-17,20-21H,13H2,1-11H3,(H2,26,27,28)/t16-,17+,20+,21?/m1/s1. The van der Waals surface area contributed by atoms with Crippen molar-refractivity contribution in [2.45, 2.75) is 102 Å². The van der Waals surface area contributed by atoms with E-state index in [1.807, 2.05) is 17.8 Å². The molecule has 0 aromatic carbocycles. The minimum atomic E-state index is -2.27. The van der Waals surface area contributed by atoms with Crippen LogP contribution in [0.5, 0.6) is 0 Å². The monoisotopic (exact) mass is 510 g/mol. The first-order chi connectivity index (χ1) is 15.4. The summed E-state index contributed by atoms with van der Waals surface area (Å²) in [5, 5.41) is -0.0171. The van der Waals surface area contributed by atoms with Crippen LogP contribution < -0.4 is 5.73 Å². The Morgan fingerprint density at radius 2 is 1.65 bits per heavy atom. The van der Waals surface area contributed by atoms with Gasteiger partial charge in [0.15, 0.2) is 28.6 Å². The summed E-state index contributed by atoms with van der Waals surface area (Å²) < 4.78 is 37.6. The maximum Gasteiger partial charge on any atom is 0.192 e. The lowest BCUT2D eigenvalue weighted by Crippen LogP contribution is -2.50. The van der Waals surface area contributed by atoms with Crippen molar-refractivity contribution >= 4 is 33.5 Å². The van der Waals surface area contributed by atoms with Gasteiger partial charge in [-0.1, -0.05) is 41.5 Å². The molecule has 7 nitrogen and oxygen atoms in total. The first kappa shape index (κ1) is 27.3. The van der Waals surface area contributed by atoms with Gasteiger partial charge in [-0.2, -0.15) is 0 Å². The zero-order chi connectivity index (χ0) is 25.9. The normalized spacial score (nSPS) is 24.8. The molecule has 0 saturated carbocycles. The van der Waals surface area contributed by atoms with Crippen molar-refractivity contribution in [1.82, 2.24) is 14.5 Å². The molecular weight excluding hydrogens is 467 g/mol. The van der Waals surface area contributed by atoms with Gasteiger partial charge in [-0.05, 0) is 36.3 Å². The van der Waals surface area contributed by atoms with Gasteiger partial charge in [0.25, 0.3) is 0 Å². The maximum absolute atomic E-state index is 16.2. The number of nitrogen functional groups attached to an aromatic ring is 1. The topological polar surface area (TPSA) is 84.4 Å². The van der Waals surface area contributed by atoms with Crippen LogP contribution in [0.1, 0.15) is 53.2 Å². The molecule has 0 bridgehead atoms. The number of aryl methyl sites for hydroxylation is 1. The molecule has 10 heteroatoms. The number of hydrogen-bond donors (Lipinski definition) is 1. The molecule has 2 N–H and O–H groups in total. The summed E-state index contributed by atoms with van der Waals surface area (Å²) in [6, 6.07) is 0. The van der Waals surface area contributed by atoms with Gasteiger partial charge < -0.3 is 23.9 Å².